The van der Waals surface area contributed by atoms with E-state index in [0.717, 1.165) is 38.6 Å². The van der Waals surface area contributed by atoms with Gasteiger partial charge in [0, 0.05) is 19.4 Å². The van der Waals surface area contributed by atoms with Crippen LogP contribution in [0.4, 0.5) is 0 Å². The molecule has 0 aromatic heterocycles. The van der Waals surface area contributed by atoms with Gasteiger partial charge in [-0.3, -0.25) is 9.59 Å². The molecule has 0 unspecified atom stereocenters. The van der Waals surface area contributed by atoms with Crippen LogP contribution in [0.25, 0.3) is 0 Å². The second kappa shape index (κ2) is 53.4. The van der Waals surface area contributed by atoms with Crippen LogP contribution in [0.5, 0.6) is 0 Å². The molecule has 0 rings (SSSR count). The van der Waals surface area contributed by atoms with Crippen molar-refractivity contribution in [2.45, 2.75) is 290 Å². The molecule has 0 aliphatic carbocycles. The summed E-state index contributed by atoms with van der Waals surface area (Å²) in [6.07, 6.45) is 63.8. The van der Waals surface area contributed by atoms with Gasteiger partial charge in [0.1, 0.15) is 0 Å². The zero-order valence-electron chi connectivity index (χ0n) is 38.6. The van der Waals surface area contributed by atoms with Gasteiger partial charge in [-0.2, -0.15) is 0 Å². The lowest BCUT2D eigenvalue weighted by Crippen LogP contribution is -2.23. The van der Waals surface area contributed by atoms with Crippen molar-refractivity contribution in [2.75, 3.05) is 6.54 Å². The summed E-state index contributed by atoms with van der Waals surface area (Å²) in [7, 11) is 0. The minimum absolute atomic E-state index is 0.164. The van der Waals surface area contributed by atoms with Crippen molar-refractivity contribution in [1.29, 1.82) is 0 Å². The van der Waals surface area contributed by atoms with Gasteiger partial charge in [-0.25, -0.2) is 0 Å². The van der Waals surface area contributed by atoms with Crippen LogP contribution in [0.3, 0.4) is 0 Å². The fraction of sp³-hybridized carbons (Fsp3) is 0.885. The highest BCUT2D eigenvalue weighted by Gasteiger charge is 2.01. The molecule has 332 valence electrons. The lowest BCUT2D eigenvalue weighted by Gasteiger charge is -2.06. The number of hydrogen-bond donors (Lipinski definition) is 2. The third-order valence-corrected chi connectivity index (χ3v) is 11.2. The first-order valence-corrected chi connectivity index (χ1v) is 25.4. The lowest BCUT2D eigenvalue weighted by atomic mass is 10.0. The Kier molecular flexibility index (Phi) is 53.9. The second-order valence-corrected chi connectivity index (χ2v) is 17.1. The van der Waals surface area contributed by atoms with E-state index in [1.807, 2.05) is 0 Å². The normalized spacial score (nSPS) is 11.4. The maximum Gasteiger partial charge on any atom is 0.219 e. The van der Waals surface area contributed by atoms with E-state index in [1.165, 1.54) is 231 Å². The molecule has 0 aliphatic rings. The molecular weight excluding hydrogens is 685 g/mol. The molecule has 0 aromatic carbocycles. The van der Waals surface area contributed by atoms with E-state index in [0.29, 0.717) is 6.42 Å². The number of rotatable bonds is 45. The molecule has 0 aliphatic heterocycles. The molecule has 0 saturated heterocycles. The number of amides is 2. The van der Waals surface area contributed by atoms with E-state index in [1.54, 1.807) is 0 Å². The third-order valence-electron chi connectivity index (χ3n) is 11.2. The van der Waals surface area contributed by atoms with Crippen LogP contribution in [-0.4, -0.2) is 18.4 Å². The number of carbonyl (C=O) groups excluding carboxylic acids is 2. The van der Waals surface area contributed by atoms with Crippen molar-refractivity contribution in [3.8, 4) is 0 Å². The topological polar surface area (TPSA) is 72.2 Å². The van der Waals surface area contributed by atoms with Crippen LogP contribution in [0, 0.1) is 0 Å². The Morgan fingerprint density at radius 2 is 0.589 bits per heavy atom. The SMILES string of the molecule is CCCCCCCCC=CCCCCCCCC(N)=O.CCCCCCCCC=CCCCCCCCCNC(=O)CCCCCCCCCCCCCCC. The van der Waals surface area contributed by atoms with Gasteiger partial charge in [0.25, 0.3) is 0 Å². The first kappa shape index (κ1) is 56.5. The van der Waals surface area contributed by atoms with E-state index >= 15 is 0 Å². The Morgan fingerprint density at radius 1 is 0.339 bits per heavy atom. The van der Waals surface area contributed by atoms with Crippen LogP contribution >= 0.6 is 0 Å². The molecule has 2 amide bonds. The summed E-state index contributed by atoms with van der Waals surface area (Å²) in [4.78, 5) is 22.5. The number of allylic oxidation sites excluding steroid dienone is 4. The first-order chi connectivity index (χ1) is 27.6. The summed E-state index contributed by atoms with van der Waals surface area (Å²) in [6, 6.07) is 0. The van der Waals surface area contributed by atoms with E-state index in [-0.39, 0.29) is 11.8 Å². The number of nitrogens with two attached hydrogens (primary N) is 1. The highest BCUT2D eigenvalue weighted by molar-refractivity contribution is 5.75. The smallest absolute Gasteiger partial charge is 0.219 e. The number of primary amides is 1. The van der Waals surface area contributed by atoms with Crippen LogP contribution < -0.4 is 11.1 Å². The van der Waals surface area contributed by atoms with Crippen molar-refractivity contribution < 1.29 is 9.59 Å². The van der Waals surface area contributed by atoms with E-state index in [4.69, 9.17) is 5.73 Å². The molecule has 3 N–H and O–H groups in total. The quantitative estimate of drug-likeness (QED) is 0.0477. The zero-order valence-corrected chi connectivity index (χ0v) is 38.6. The monoisotopic (exact) mass is 787 g/mol. The van der Waals surface area contributed by atoms with Crippen LogP contribution in [-0.2, 0) is 9.59 Å². The Hall–Kier alpha value is -1.58. The minimum Gasteiger partial charge on any atom is -0.370 e. The molecule has 0 radical (unpaired) electrons. The second-order valence-electron chi connectivity index (χ2n) is 17.1. The highest BCUT2D eigenvalue weighted by atomic mass is 16.1. The van der Waals surface area contributed by atoms with Crippen LogP contribution in [0.1, 0.15) is 290 Å². The van der Waals surface area contributed by atoms with Crippen molar-refractivity contribution >= 4 is 11.8 Å². The zero-order chi connectivity index (χ0) is 41.1. The number of unbranched alkanes of at least 4 members (excludes halogenated alkanes) is 35. The molecule has 0 atom stereocenters. The van der Waals surface area contributed by atoms with Gasteiger partial charge < -0.3 is 11.1 Å². The van der Waals surface area contributed by atoms with Gasteiger partial charge in [0.05, 0.1) is 0 Å². The molecule has 0 saturated carbocycles. The lowest BCUT2D eigenvalue weighted by molar-refractivity contribution is -0.121. The molecule has 0 aromatic rings. The maximum absolute atomic E-state index is 12.0. The Bertz CT molecular complexity index is 807. The molecule has 4 heteroatoms. The van der Waals surface area contributed by atoms with E-state index in [9.17, 15) is 9.59 Å². The molecule has 56 heavy (non-hydrogen) atoms. The van der Waals surface area contributed by atoms with E-state index in [2.05, 4.69) is 50.4 Å². The molecular formula is C52H102N2O2. The van der Waals surface area contributed by atoms with Crippen molar-refractivity contribution in [3.63, 3.8) is 0 Å². The third kappa shape index (κ3) is 56.7. The fourth-order valence-corrected chi connectivity index (χ4v) is 7.36. The van der Waals surface area contributed by atoms with Crippen LogP contribution in [0.15, 0.2) is 24.3 Å². The van der Waals surface area contributed by atoms with Crippen LogP contribution in [0.2, 0.25) is 0 Å². The molecule has 0 heterocycles. The summed E-state index contributed by atoms with van der Waals surface area (Å²) in [5, 5.41) is 3.13. The number of nitrogens with one attached hydrogen (secondary N) is 1. The number of carbonyl (C=O) groups is 2. The first-order valence-electron chi connectivity index (χ1n) is 25.4. The van der Waals surface area contributed by atoms with Gasteiger partial charge in [-0.05, 0) is 70.6 Å². The van der Waals surface area contributed by atoms with Crippen molar-refractivity contribution in [2.24, 2.45) is 5.73 Å². The molecule has 0 spiro atoms. The van der Waals surface area contributed by atoms with Gasteiger partial charge in [0.2, 0.25) is 11.8 Å². The molecule has 4 nitrogen and oxygen atoms in total. The predicted molar refractivity (Wildman–Crippen MR) is 251 cm³/mol. The molecule has 0 fully saturated rings. The van der Waals surface area contributed by atoms with Crippen molar-refractivity contribution in [3.05, 3.63) is 24.3 Å². The van der Waals surface area contributed by atoms with Gasteiger partial charge >= 0.3 is 0 Å². The fourth-order valence-electron chi connectivity index (χ4n) is 7.36. The highest BCUT2D eigenvalue weighted by Crippen LogP contribution is 2.14. The Balaban J connectivity index is 0. The predicted octanol–water partition coefficient (Wildman–Crippen LogP) is 17.1. The summed E-state index contributed by atoms with van der Waals surface area (Å²) >= 11 is 0. The van der Waals surface area contributed by atoms with Gasteiger partial charge in [0.15, 0.2) is 0 Å². The van der Waals surface area contributed by atoms with Crippen molar-refractivity contribution in [1.82, 2.24) is 5.32 Å². The summed E-state index contributed by atoms with van der Waals surface area (Å²) in [5.74, 6) is 0.105. The standard InChI is InChI=1S/C34H67NO.C18H35NO/c1-3-5-7-9-11-13-15-17-18-19-21-23-25-27-29-31-33-35-34(36)32-30-28-26-24-22-20-16-14-12-10-8-6-4-2;1-2-3-4-5-6-7-8-9-10-11-12-13-14-15-16-17-18(19)20/h17-18H,3-16,19-33H2,1-2H3,(H,35,36);9-10H,2-8,11-17H2,1H3,(H2,19,20). The maximum atomic E-state index is 12.0. The Labute approximate surface area is 352 Å². The minimum atomic E-state index is -0.164. The summed E-state index contributed by atoms with van der Waals surface area (Å²) in [6.45, 7) is 7.71. The number of hydrogen-bond acceptors (Lipinski definition) is 2. The van der Waals surface area contributed by atoms with Gasteiger partial charge in [-0.15, -0.1) is 0 Å². The molecule has 0 bridgehead atoms. The average molecular weight is 787 g/mol. The van der Waals surface area contributed by atoms with Gasteiger partial charge in [-0.1, -0.05) is 231 Å². The Morgan fingerprint density at radius 3 is 0.893 bits per heavy atom. The summed E-state index contributed by atoms with van der Waals surface area (Å²) in [5.41, 5.74) is 5.10. The summed E-state index contributed by atoms with van der Waals surface area (Å²) < 4.78 is 0. The average Bonchev–Trinajstić information content (AvgIpc) is 3.19. The largest absolute Gasteiger partial charge is 0.370 e. The van der Waals surface area contributed by atoms with E-state index < -0.39 is 0 Å².